The largest absolute Gasteiger partial charge is 0.505 e. The van der Waals surface area contributed by atoms with E-state index in [0.717, 1.165) is 0 Å². The maximum atomic E-state index is 13.3. The van der Waals surface area contributed by atoms with Gasteiger partial charge in [-0.15, -0.1) is 0 Å². The topological polar surface area (TPSA) is 117 Å². The van der Waals surface area contributed by atoms with E-state index in [1.54, 1.807) is 0 Å². The predicted molar refractivity (Wildman–Crippen MR) is 52.8 cm³/mol. The van der Waals surface area contributed by atoms with Crippen LogP contribution < -0.4 is 0 Å². The van der Waals surface area contributed by atoms with E-state index in [-0.39, 0.29) is 12.0 Å². The normalized spacial score (nSPS) is 11.5. The Kier molecular flexibility index (Phi) is 3.94. The second kappa shape index (κ2) is 4.89. The first-order valence-electron chi connectivity index (χ1n) is 4.29. The number of pyridine rings is 1. The van der Waals surface area contributed by atoms with E-state index in [9.17, 15) is 18.9 Å². The van der Waals surface area contributed by atoms with Crippen LogP contribution >= 0.6 is 7.82 Å². The zero-order chi connectivity index (χ0) is 13.2. The average Bonchev–Trinajstić information content (AvgIpc) is 2.20. The summed E-state index contributed by atoms with van der Waals surface area (Å²) in [6, 6.07) is 0. The number of aldehydes is 1. The first-order valence-corrected chi connectivity index (χ1v) is 5.82. The van der Waals surface area contributed by atoms with Crippen LogP contribution in [0.4, 0.5) is 4.39 Å². The lowest BCUT2D eigenvalue weighted by atomic mass is 10.1. The summed E-state index contributed by atoms with van der Waals surface area (Å²) < 4.78 is 27.8. The summed E-state index contributed by atoms with van der Waals surface area (Å²) >= 11 is 0. The number of nitrogens with zero attached hydrogens (tertiary/aromatic N) is 1. The van der Waals surface area contributed by atoms with Gasteiger partial charge >= 0.3 is 7.82 Å². The van der Waals surface area contributed by atoms with Gasteiger partial charge in [-0.2, -0.15) is 4.39 Å². The Morgan fingerprint density at radius 3 is 2.59 bits per heavy atom. The molecule has 7 nitrogen and oxygen atoms in total. The number of hydrogen-bond donors (Lipinski definition) is 3. The van der Waals surface area contributed by atoms with E-state index in [2.05, 4.69) is 9.51 Å². The molecule has 0 radical (unpaired) electrons. The van der Waals surface area contributed by atoms with Crippen molar-refractivity contribution < 1.29 is 33.2 Å². The fraction of sp³-hybridized carbons (Fsp3) is 0.250. The van der Waals surface area contributed by atoms with Crippen LogP contribution in [0.5, 0.6) is 5.75 Å². The number of aryl methyl sites for hydroxylation is 1. The van der Waals surface area contributed by atoms with Gasteiger partial charge < -0.3 is 14.9 Å². The number of aromatic hydroxyl groups is 1. The van der Waals surface area contributed by atoms with Crippen LogP contribution in [-0.4, -0.2) is 26.2 Å². The molecule has 94 valence electrons. The number of halogens is 1. The second-order valence-electron chi connectivity index (χ2n) is 3.11. The molecule has 0 saturated carbocycles. The fourth-order valence-electron chi connectivity index (χ4n) is 1.13. The molecule has 0 aliphatic carbocycles. The van der Waals surface area contributed by atoms with Gasteiger partial charge in [0, 0.05) is 5.56 Å². The highest BCUT2D eigenvalue weighted by Gasteiger charge is 2.21. The summed E-state index contributed by atoms with van der Waals surface area (Å²) in [4.78, 5) is 30.9. The summed E-state index contributed by atoms with van der Waals surface area (Å²) in [5, 5.41) is 9.42. The lowest BCUT2D eigenvalue weighted by molar-refractivity contribution is 0.111. The van der Waals surface area contributed by atoms with E-state index in [0.29, 0.717) is 0 Å². The molecule has 17 heavy (non-hydrogen) atoms. The van der Waals surface area contributed by atoms with E-state index in [1.165, 1.54) is 6.92 Å². The van der Waals surface area contributed by atoms with E-state index in [1.807, 2.05) is 0 Å². The zero-order valence-corrected chi connectivity index (χ0v) is 9.52. The molecule has 0 spiro atoms. The average molecular weight is 265 g/mol. The highest BCUT2D eigenvalue weighted by molar-refractivity contribution is 7.46. The van der Waals surface area contributed by atoms with Gasteiger partial charge in [-0.3, -0.25) is 9.32 Å². The van der Waals surface area contributed by atoms with E-state index < -0.39 is 37.3 Å². The molecule has 1 aromatic rings. The van der Waals surface area contributed by atoms with Crippen LogP contribution in [0.2, 0.25) is 0 Å². The Labute approximate surface area is 95.1 Å². The molecule has 0 unspecified atom stereocenters. The quantitative estimate of drug-likeness (QED) is 0.415. The van der Waals surface area contributed by atoms with Crippen molar-refractivity contribution in [1.82, 2.24) is 4.98 Å². The number of carbonyl (C=O) groups is 1. The number of aromatic nitrogens is 1. The molecule has 9 heteroatoms. The van der Waals surface area contributed by atoms with Gasteiger partial charge in [0.05, 0.1) is 17.9 Å². The van der Waals surface area contributed by atoms with Crippen molar-refractivity contribution in [2.75, 3.05) is 0 Å². The number of rotatable bonds is 4. The third-order valence-electron chi connectivity index (χ3n) is 1.93. The zero-order valence-electron chi connectivity index (χ0n) is 8.62. The monoisotopic (exact) mass is 265 g/mol. The maximum absolute atomic E-state index is 13.3. The molecule has 0 saturated heterocycles. The van der Waals surface area contributed by atoms with Gasteiger partial charge in [-0.25, -0.2) is 9.55 Å². The first-order chi connectivity index (χ1) is 7.76. The summed E-state index contributed by atoms with van der Waals surface area (Å²) in [5.74, 6) is -1.68. The Bertz CT molecular complexity index is 499. The second-order valence-corrected chi connectivity index (χ2v) is 4.35. The van der Waals surface area contributed by atoms with Crippen LogP contribution in [0.25, 0.3) is 0 Å². The molecule has 1 aromatic heterocycles. The van der Waals surface area contributed by atoms with Gasteiger partial charge in [0.2, 0.25) is 5.95 Å². The van der Waals surface area contributed by atoms with Crippen LogP contribution in [-0.2, 0) is 15.7 Å². The summed E-state index contributed by atoms with van der Waals surface area (Å²) in [5.41, 5.74) is -1.06. The van der Waals surface area contributed by atoms with Crippen molar-refractivity contribution in [3.05, 3.63) is 22.8 Å². The van der Waals surface area contributed by atoms with Gasteiger partial charge in [0.1, 0.15) is 5.75 Å². The molecule has 0 aromatic carbocycles. The van der Waals surface area contributed by atoms with Crippen LogP contribution in [0, 0.1) is 12.9 Å². The van der Waals surface area contributed by atoms with Crippen molar-refractivity contribution in [3.8, 4) is 5.75 Å². The highest BCUT2D eigenvalue weighted by Crippen LogP contribution is 2.38. The molecular weight excluding hydrogens is 256 g/mol. The summed E-state index contributed by atoms with van der Waals surface area (Å²) in [6.45, 7) is 0.407. The highest BCUT2D eigenvalue weighted by atomic mass is 31.2. The number of phosphoric acid groups is 1. The number of hydrogen-bond acceptors (Lipinski definition) is 5. The minimum Gasteiger partial charge on any atom is -0.505 e. The molecule has 0 atom stereocenters. The molecule has 3 N–H and O–H groups in total. The van der Waals surface area contributed by atoms with Crippen molar-refractivity contribution in [2.45, 2.75) is 13.5 Å². The van der Waals surface area contributed by atoms with Crippen LogP contribution in [0.3, 0.4) is 0 Å². The van der Waals surface area contributed by atoms with Gasteiger partial charge in [0.25, 0.3) is 0 Å². The fourth-order valence-corrected chi connectivity index (χ4v) is 1.43. The lowest BCUT2D eigenvalue weighted by Crippen LogP contribution is -2.05. The molecule has 1 heterocycles. The molecule has 0 aliphatic rings. The molecule has 0 aliphatic heterocycles. The van der Waals surface area contributed by atoms with Crippen molar-refractivity contribution in [3.63, 3.8) is 0 Å². The number of phosphoric ester groups is 1. The summed E-state index contributed by atoms with van der Waals surface area (Å²) in [7, 11) is -4.80. The SMILES string of the molecule is Cc1nc(F)c(COP(=O)(O)O)c(C=O)c1O. The molecular formula is C8H9FNO6P. The minimum atomic E-state index is -4.80. The molecule has 1 rings (SSSR count). The molecule has 0 bridgehead atoms. The van der Waals surface area contributed by atoms with Crippen molar-refractivity contribution in [2.24, 2.45) is 0 Å². The Morgan fingerprint density at radius 2 is 2.12 bits per heavy atom. The molecule has 0 fully saturated rings. The third-order valence-corrected chi connectivity index (χ3v) is 2.40. The summed E-state index contributed by atoms with van der Waals surface area (Å²) in [6.07, 6.45) is 0.158. The van der Waals surface area contributed by atoms with Gasteiger partial charge in [-0.1, -0.05) is 0 Å². The van der Waals surface area contributed by atoms with Crippen molar-refractivity contribution in [1.29, 1.82) is 0 Å². The van der Waals surface area contributed by atoms with Crippen molar-refractivity contribution >= 4 is 14.1 Å². The van der Waals surface area contributed by atoms with Gasteiger partial charge in [-0.05, 0) is 6.92 Å². The lowest BCUT2D eigenvalue weighted by Gasteiger charge is -2.10. The third kappa shape index (κ3) is 3.31. The predicted octanol–water partition coefficient (Wildman–Crippen LogP) is 0.657. The van der Waals surface area contributed by atoms with Crippen LogP contribution in [0.1, 0.15) is 21.6 Å². The standard InChI is InChI=1S/C8H9FNO6P/c1-4-7(12)5(2-11)6(8(9)10-4)3-16-17(13,14)15/h2,12H,3H2,1H3,(H2,13,14,15). The minimum absolute atomic E-state index is 0.107. The Hall–Kier alpha value is -1.34. The maximum Gasteiger partial charge on any atom is 0.469 e. The van der Waals surface area contributed by atoms with E-state index in [4.69, 9.17) is 9.79 Å². The Balaban J connectivity index is 3.19. The molecule has 0 amide bonds. The van der Waals surface area contributed by atoms with Gasteiger partial charge in [0.15, 0.2) is 6.29 Å². The van der Waals surface area contributed by atoms with Crippen LogP contribution in [0.15, 0.2) is 0 Å². The van der Waals surface area contributed by atoms with E-state index >= 15 is 0 Å². The first kappa shape index (κ1) is 13.7. The Morgan fingerprint density at radius 1 is 1.53 bits per heavy atom. The number of carbonyl (C=O) groups excluding carboxylic acids is 1. The smallest absolute Gasteiger partial charge is 0.469 e.